The molecule has 1 heterocycles. The van der Waals surface area contributed by atoms with Crippen LogP contribution in [0.3, 0.4) is 0 Å². The summed E-state index contributed by atoms with van der Waals surface area (Å²) in [5.41, 5.74) is 5.81. The van der Waals surface area contributed by atoms with Crippen molar-refractivity contribution < 1.29 is 14.3 Å². The Kier molecular flexibility index (Phi) is 6.06. The Bertz CT molecular complexity index is 635. The summed E-state index contributed by atoms with van der Waals surface area (Å²) in [6.45, 7) is 4.84. The predicted octanol–water partition coefficient (Wildman–Crippen LogP) is 2.03. The van der Waals surface area contributed by atoms with Gasteiger partial charge >= 0.3 is 0 Å². The molecular formula is C15H18ClN3O3S. The molecule has 1 aliphatic heterocycles. The summed E-state index contributed by atoms with van der Waals surface area (Å²) in [5.74, 6) is 0.763. The van der Waals surface area contributed by atoms with Gasteiger partial charge in [-0.25, -0.2) is 0 Å². The molecular weight excluding hydrogens is 338 g/mol. The number of halogens is 1. The third kappa shape index (κ3) is 5.30. The molecule has 0 fully saturated rings. The third-order valence-corrected chi connectivity index (χ3v) is 3.27. The number of hydrogen-bond donors (Lipinski definition) is 3. The van der Waals surface area contributed by atoms with Gasteiger partial charge in [-0.05, 0) is 49.8 Å². The van der Waals surface area contributed by atoms with Crippen LogP contribution >= 0.6 is 23.8 Å². The Hall–Kier alpha value is -1.99. The molecule has 0 bridgehead atoms. The van der Waals surface area contributed by atoms with E-state index in [1.807, 2.05) is 13.8 Å². The van der Waals surface area contributed by atoms with Crippen LogP contribution in [0.4, 0.5) is 0 Å². The van der Waals surface area contributed by atoms with Gasteiger partial charge in [0.15, 0.2) is 16.6 Å². The summed E-state index contributed by atoms with van der Waals surface area (Å²) in [7, 11) is 0. The molecule has 0 saturated heterocycles. The van der Waals surface area contributed by atoms with Crippen LogP contribution in [0.1, 0.15) is 19.4 Å². The number of nitrogens with one attached hydrogen (secondary N) is 3. The van der Waals surface area contributed by atoms with E-state index in [-0.39, 0.29) is 11.9 Å². The fraction of sp³-hybridized carbons (Fsp3) is 0.333. The zero-order valence-corrected chi connectivity index (χ0v) is 14.4. The minimum atomic E-state index is -0.344. The lowest BCUT2D eigenvalue weighted by Crippen LogP contribution is -2.48. The molecule has 0 saturated carbocycles. The molecule has 1 aromatic rings. The van der Waals surface area contributed by atoms with Crippen LogP contribution < -0.4 is 25.6 Å². The van der Waals surface area contributed by atoms with E-state index in [0.29, 0.717) is 34.8 Å². The first-order chi connectivity index (χ1) is 11.0. The molecule has 1 aliphatic rings. The smallest absolute Gasteiger partial charge is 0.262 e. The van der Waals surface area contributed by atoms with Crippen molar-refractivity contribution in [3.05, 3.63) is 28.8 Å². The summed E-state index contributed by atoms with van der Waals surface area (Å²) in [6, 6.07) is 3.65. The molecule has 0 spiro atoms. The number of rotatable bonds is 3. The number of hydrogen-bond acceptors (Lipinski definition) is 4. The van der Waals surface area contributed by atoms with Crippen LogP contribution in [0.2, 0.25) is 5.02 Å². The van der Waals surface area contributed by atoms with E-state index in [1.54, 1.807) is 18.2 Å². The molecule has 23 heavy (non-hydrogen) atoms. The number of thiocarbonyl (C=S) groups is 1. The second kappa shape index (κ2) is 8.03. The van der Waals surface area contributed by atoms with Crippen LogP contribution in [0.25, 0.3) is 6.08 Å². The van der Waals surface area contributed by atoms with Gasteiger partial charge in [0.25, 0.3) is 5.91 Å². The van der Waals surface area contributed by atoms with E-state index < -0.39 is 0 Å². The van der Waals surface area contributed by atoms with Crippen LogP contribution in [0, 0.1) is 0 Å². The van der Waals surface area contributed by atoms with Crippen molar-refractivity contribution in [3.63, 3.8) is 0 Å². The maximum Gasteiger partial charge on any atom is 0.262 e. The van der Waals surface area contributed by atoms with Crippen molar-refractivity contribution >= 4 is 40.9 Å². The van der Waals surface area contributed by atoms with Gasteiger partial charge in [-0.15, -0.1) is 0 Å². The quantitative estimate of drug-likeness (QED) is 0.438. The van der Waals surface area contributed by atoms with Gasteiger partial charge in [-0.2, -0.15) is 0 Å². The van der Waals surface area contributed by atoms with Gasteiger partial charge in [-0.3, -0.25) is 15.6 Å². The first-order valence-electron chi connectivity index (χ1n) is 7.09. The molecule has 6 nitrogen and oxygen atoms in total. The monoisotopic (exact) mass is 355 g/mol. The number of amides is 1. The van der Waals surface area contributed by atoms with E-state index in [0.717, 1.165) is 5.56 Å². The summed E-state index contributed by atoms with van der Waals surface area (Å²) >= 11 is 11.1. The Morgan fingerprint density at radius 1 is 1.30 bits per heavy atom. The summed E-state index contributed by atoms with van der Waals surface area (Å²) < 4.78 is 10.9. The highest BCUT2D eigenvalue weighted by Gasteiger charge is 2.15. The lowest BCUT2D eigenvalue weighted by Gasteiger charge is -2.19. The second-order valence-corrected chi connectivity index (χ2v) is 5.92. The highest BCUT2D eigenvalue weighted by atomic mass is 35.5. The van der Waals surface area contributed by atoms with Crippen LogP contribution in [0.15, 0.2) is 18.2 Å². The van der Waals surface area contributed by atoms with Crippen LogP contribution in [-0.4, -0.2) is 30.3 Å². The molecule has 0 atom stereocenters. The molecule has 0 unspecified atom stereocenters. The second-order valence-electron chi connectivity index (χ2n) is 5.10. The molecule has 1 aromatic carbocycles. The van der Waals surface area contributed by atoms with E-state index in [2.05, 4.69) is 16.2 Å². The predicted molar refractivity (Wildman–Crippen MR) is 93.6 cm³/mol. The van der Waals surface area contributed by atoms with E-state index in [9.17, 15) is 4.79 Å². The van der Waals surface area contributed by atoms with Crippen LogP contribution in [-0.2, 0) is 4.79 Å². The van der Waals surface area contributed by atoms with Gasteiger partial charge in [0.2, 0.25) is 0 Å². The van der Waals surface area contributed by atoms with E-state index in [1.165, 1.54) is 6.08 Å². The van der Waals surface area contributed by atoms with Crippen molar-refractivity contribution in [2.45, 2.75) is 19.9 Å². The molecule has 0 radical (unpaired) electrons. The Morgan fingerprint density at radius 3 is 2.78 bits per heavy atom. The molecule has 8 heteroatoms. The average Bonchev–Trinajstić information content (AvgIpc) is 2.50. The number of hydrazine groups is 1. The summed E-state index contributed by atoms with van der Waals surface area (Å²) in [6.07, 6.45) is 2.99. The zero-order chi connectivity index (χ0) is 16.8. The SMILES string of the molecule is CC(C)NC(=S)NNC(=O)/C=C/c1cc(Cl)c2c(c1)OCCO2. The fourth-order valence-corrected chi connectivity index (χ4v) is 2.42. The highest BCUT2D eigenvalue weighted by Crippen LogP contribution is 2.38. The summed E-state index contributed by atoms with van der Waals surface area (Å²) in [4.78, 5) is 11.7. The third-order valence-electron chi connectivity index (χ3n) is 2.77. The average molecular weight is 356 g/mol. The van der Waals surface area contributed by atoms with Crippen molar-refractivity contribution in [1.29, 1.82) is 0 Å². The maximum absolute atomic E-state index is 11.7. The number of fused-ring (bicyclic) bond motifs is 1. The molecule has 124 valence electrons. The maximum atomic E-state index is 11.7. The van der Waals surface area contributed by atoms with Gasteiger partial charge < -0.3 is 14.8 Å². The Morgan fingerprint density at radius 2 is 2.04 bits per heavy atom. The number of ether oxygens (including phenoxy) is 2. The van der Waals surface area contributed by atoms with Gasteiger partial charge in [0.1, 0.15) is 13.2 Å². The minimum Gasteiger partial charge on any atom is -0.486 e. The first kappa shape index (κ1) is 17.4. The lowest BCUT2D eigenvalue weighted by molar-refractivity contribution is -0.116. The van der Waals surface area contributed by atoms with Crippen LogP contribution in [0.5, 0.6) is 11.5 Å². The van der Waals surface area contributed by atoms with Gasteiger partial charge in [0.05, 0.1) is 5.02 Å². The zero-order valence-electron chi connectivity index (χ0n) is 12.8. The topological polar surface area (TPSA) is 71.6 Å². The molecule has 0 aromatic heterocycles. The minimum absolute atomic E-state index is 0.183. The number of carbonyl (C=O) groups excluding carboxylic acids is 1. The fourth-order valence-electron chi connectivity index (χ4n) is 1.86. The number of carbonyl (C=O) groups is 1. The standard InChI is InChI=1S/C15H18ClN3O3S/c1-9(2)17-15(23)19-18-13(20)4-3-10-7-11(16)14-12(8-10)21-5-6-22-14/h3-4,7-9H,5-6H2,1-2H3,(H,18,20)(H2,17,19,23)/b4-3+. The lowest BCUT2D eigenvalue weighted by atomic mass is 10.1. The highest BCUT2D eigenvalue weighted by molar-refractivity contribution is 7.80. The first-order valence-corrected chi connectivity index (χ1v) is 7.88. The summed E-state index contributed by atoms with van der Waals surface area (Å²) in [5, 5.41) is 3.75. The molecule has 2 rings (SSSR count). The number of benzene rings is 1. The van der Waals surface area contributed by atoms with Crippen molar-refractivity contribution in [3.8, 4) is 11.5 Å². The van der Waals surface area contributed by atoms with Gasteiger partial charge in [-0.1, -0.05) is 11.6 Å². The van der Waals surface area contributed by atoms with Gasteiger partial charge in [0, 0.05) is 12.1 Å². The Labute approximate surface area is 145 Å². The van der Waals surface area contributed by atoms with E-state index in [4.69, 9.17) is 33.3 Å². The Balaban J connectivity index is 1.93. The largest absolute Gasteiger partial charge is 0.486 e. The molecule has 3 N–H and O–H groups in total. The van der Waals surface area contributed by atoms with E-state index >= 15 is 0 Å². The van der Waals surface area contributed by atoms with Crippen molar-refractivity contribution in [2.75, 3.05) is 13.2 Å². The van der Waals surface area contributed by atoms with Crippen molar-refractivity contribution in [1.82, 2.24) is 16.2 Å². The normalized spacial score (nSPS) is 13.0. The molecule has 1 amide bonds. The van der Waals surface area contributed by atoms with Crippen molar-refractivity contribution in [2.24, 2.45) is 0 Å². The molecule has 0 aliphatic carbocycles.